The van der Waals surface area contributed by atoms with Crippen molar-refractivity contribution < 1.29 is 14.3 Å². The van der Waals surface area contributed by atoms with Gasteiger partial charge in [0.2, 0.25) is 5.95 Å². The van der Waals surface area contributed by atoms with E-state index in [9.17, 15) is 9.59 Å². The number of ketones is 1. The number of anilines is 5. The summed E-state index contributed by atoms with van der Waals surface area (Å²) in [6, 6.07) is 11.2. The van der Waals surface area contributed by atoms with Crippen LogP contribution < -0.4 is 20.3 Å². The first-order valence-corrected chi connectivity index (χ1v) is 11.0. The molecule has 3 heterocycles. The maximum atomic E-state index is 12.3. The number of nitrogens with zero attached hydrogens (tertiary/aromatic N) is 5. The van der Waals surface area contributed by atoms with E-state index in [1.807, 2.05) is 25.2 Å². The molecule has 0 unspecified atom stereocenters. The van der Waals surface area contributed by atoms with Crippen LogP contribution in [0.25, 0.3) is 10.9 Å². The van der Waals surface area contributed by atoms with Gasteiger partial charge in [-0.25, -0.2) is 4.98 Å². The standard InChI is InChI=1S/C25H23N7O3/c1-4-23(34)32-9-10-35-22-8-6-18(12-21(22)32)28-24-19(15(2)33)14-26-25(30-24)29-17-5-7-20-16(11-17)13-27-31(20)3/h4-8,11-14H,1,9-10H2,2-3H3,(H2,26,28,29,30). The summed E-state index contributed by atoms with van der Waals surface area (Å²) in [6.07, 6.45) is 4.54. The van der Waals surface area contributed by atoms with Gasteiger partial charge in [0.25, 0.3) is 5.91 Å². The molecule has 1 aliphatic rings. The molecule has 0 fully saturated rings. The average Bonchev–Trinajstić information content (AvgIpc) is 3.23. The minimum Gasteiger partial charge on any atom is -0.490 e. The number of ether oxygens (including phenoxy) is 1. The number of rotatable bonds is 6. The zero-order valence-corrected chi connectivity index (χ0v) is 19.3. The van der Waals surface area contributed by atoms with Gasteiger partial charge in [-0.1, -0.05) is 6.58 Å². The fourth-order valence-electron chi connectivity index (χ4n) is 3.94. The second-order valence-corrected chi connectivity index (χ2v) is 8.03. The Balaban J connectivity index is 1.46. The number of aromatic nitrogens is 4. The molecule has 10 heteroatoms. The maximum absolute atomic E-state index is 12.3. The van der Waals surface area contributed by atoms with E-state index in [4.69, 9.17) is 4.74 Å². The van der Waals surface area contributed by atoms with Gasteiger partial charge >= 0.3 is 0 Å². The van der Waals surface area contributed by atoms with E-state index in [1.54, 1.807) is 34.0 Å². The third-order valence-electron chi connectivity index (χ3n) is 5.70. The largest absolute Gasteiger partial charge is 0.490 e. The van der Waals surface area contributed by atoms with Crippen LogP contribution in [0.2, 0.25) is 0 Å². The third-order valence-corrected chi connectivity index (χ3v) is 5.70. The maximum Gasteiger partial charge on any atom is 0.250 e. The first-order valence-electron chi connectivity index (χ1n) is 11.0. The van der Waals surface area contributed by atoms with Crippen molar-refractivity contribution in [3.8, 4) is 5.75 Å². The molecule has 10 nitrogen and oxygen atoms in total. The molecule has 0 radical (unpaired) electrons. The van der Waals surface area contributed by atoms with Crippen LogP contribution in [0.1, 0.15) is 17.3 Å². The number of hydrogen-bond donors (Lipinski definition) is 2. The van der Waals surface area contributed by atoms with Crippen molar-refractivity contribution in [2.24, 2.45) is 7.05 Å². The van der Waals surface area contributed by atoms with E-state index in [1.165, 1.54) is 19.2 Å². The molecular weight excluding hydrogens is 446 g/mol. The Morgan fingerprint density at radius 3 is 2.71 bits per heavy atom. The van der Waals surface area contributed by atoms with Crippen LogP contribution in [0.5, 0.6) is 5.75 Å². The predicted octanol–water partition coefficient (Wildman–Crippen LogP) is 3.96. The molecule has 0 atom stereocenters. The number of aryl methyl sites for hydroxylation is 1. The van der Waals surface area contributed by atoms with Crippen molar-refractivity contribution in [2.75, 3.05) is 28.7 Å². The first kappa shape index (κ1) is 22.1. The summed E-state index contributed by atoms with van der Waals surface area (Å²) >= 11 is 0. The molecule has 0 spiro atoms. The molecule has 2 aromatic heterocycles. The lowest BCUT2D eigenvalue weighted by Gasteiger charge is -2.29. The Bertz CT molecular complexity index is 1480. The zero-order valence-electron chi connectivity index (χ0n) is 19.3. The Kier molecular flexibility index (Phi) is 5.61. The van der Waals surface area contributed by atoms with Crippen LogP contribution in [0, 0.1) is 0 Å². The lowest BCUT2D eigenvalue weighted by atomic mass is 10.2. The molecule has 1 amide bonds. The molecule has 0 saturated carbocycles. The molecule has 5 rings (SSSR count). The fourth-order valence-corrected chi connectivity index (χ4v) is 3.94. The topological polar surface area (TPSA) is 114 Å². The zero-order chi connectivity index (χ0) is 24.5. The number of benzene rings is 2. The van der Waals surface area contributed by atoms with Crippen molar-refractivity contribution in [1.29, 1.82) is 0 Å². The summed E-state index contributed by atoms with van der Waals surface area (Å²) < 4.78 is 7.48. The molecule has 0 saturated heterocycles. The summed E-state index contributed by atoms with van der Waals surface area (Å²) in [7, 11) is 1.89. The van der Waals surface area contributed by atoms with Gasteiger partial charge in [0, 0.05) is 30.0 Å². The Labute approximate surface area is 201 Å². The predicted molar refractivity (Wildman–Crippen MR) is 134 cm³/mol. The minimum absolute atomic E-state index is 0.180. The van der Waals surface area contributed by atoms with Gasteiger partial charge in [-0.3, -0.25) is 14.3 Å². The highest BCUT2D eigenvalue weighted by molar-refractivity contribution is 6.03. The normalized spacial score (nSPS) is 12.6. The molecule has 2 N–H and O–H groups in total. The van der Waals surface area contributed by atoms with E-state index < -0.39 is 0 Å². The minimum atomic E-state index is -0.213. The number of amides is 1. The Morgan fingerprint density at radius 1 is 1.11 bits per heavy atom. The number of carbonyl (C=O) groups is 2. The van der Waals surface area contributed by atoms with Crippen molar-refractivity contribution in [3.63, 3.8) is 0 Å². The number of nitrogens with one attached hydrogen (secondary N) is 2. The van der Waals surface area contributed by atoms with Crippen molar-refractivity contribution in [3.05, 3.63) is 67.0 Å². The van der Waals surface area contributed by atoms with E-state index in [2.05, 4.69) is 32.3 Å². The highest BCUT2D eigenvalue weighted by Crippen LogP contribution is 2.35. The number of Topliss-reactive ketones (excluding diaryl/α,β-unsaturated/α-hetero) is 1. The van der Waals surface area contributed by atoms with E-state index in [0.717, 1.165) is 16.6 Å². The van der Waals surface area contributed by atoms with Gasteiger partial charge in [0.1, 0.15) is 18.2 Å². The SMILES string of the molecule is C=CC(=O)N1CCOc2ccc(Nc3nc(Nc4ccc5c(cnn5C)c4)ncc3C(C)=O)cc21. The summed E-state index contributed by atoms with van der Waals surface area (Å²) in [4.78, 5) is 35.0. The molecule has 0 bridgehead atoms. The van der Waals surface area contributed by atoms with Gasteiger partial charge in [-0.15, -0.1) is 0 Å². The quantitative estimate of drug-likeness (QED) is 0.322. The highest BCUT2D eigenvalue weighted by Gasteiger charge is 2.23. The molecule has 176 valence electrons. The highest BCUT2D eigenvalue weighted by atomic mass is 16.5. The monoisotopic (exact) mass is 469 g/mol. The van der Waals surface area contributed by atoms with Gasteiger partial charge in [0.15, 0.2) is 5.78 Å². The molecule has 1 aliphatic heterocycles. The molecule has 35 heavy (non-hydrogen) atoms. The lowest BCUT2D eigenvalue weighted by molar-refractivity contribution is -0.114. The van der Waals surface area contributed by atoms with E-state index >= 15 is 0 Å². The fraction of sp³-hybridized carbons (Fsp3) is 0.160. The van der Waals surface area contributed by atoms with Crippen LogP contribution >= 0.6 is 0 Å². The summed E-state index contributed by atoms with van der Waals surface area (Å²) in [5.41, 5.74) is 3.39. The summed E-state index contributed by atoms with van der Waals surface area (Å²) in [5, 5.41) is 11.6. The van der Waals surface area contributed by atoms with Gasteiger partial charge in [0.05, 0.1) is 29.5 Å². The van der Waals surface area contributed by atoms with Crippen LogP contribution in [0.15, 0.2) is 61.4 Å². The number of carbonyl (C=O) groups excluding carboxylic acids is 2. The van der Waals surface area contributed by atoms with Crippen molar-refractivity contribution in [2.45, 2.75) is 6.92 Å². The lowest BCUT2D eigenvalue weighted by Crippen LogP contribution is -2.36. The molecule has 4 aromatic rings. The van der Waals surface area contributed by atoms with Crippen LogP contribution in [-0.4, -0.2) is 44.6 Å². The number of hydrogen-bond acceptors (Lipinski definition) is 8. The first-order chi connectivity index (χ1) is 16.9. The summed E-state index contributed by atoms with van der Waals surface area (Å²) in [5.74, 6) is 0.872. The third kappa shape index (κ3) is 4.29. The average molecular weight is 470 g/mol. The van der Waals surface area contributed by atoms with Crippen molar-refractivity contribution in [1.82, 2.24) is 19.7 Å². The second-order valence-electron chi connectivity index (χ2n) is 8.03. The van der Waals surface area contributed by atoms with Crippen molar-refractivity contribution >= 4 is 51.4 Å². The van der Waals surface area contributed by atoms with E-state index in [-0.39, 0.29) is 11.7 Å². The second kappa shape index (κ2) is 8.90. The van der Waals surface area contributed by atoms with Crippen LogP contribution in [-0.2, 0) is 11.8 Å². The van der Waals surface area contributed by atoms with Gasteiger partial charge < -0.3 is 20.3 Å². The summed E-state index contributed by atoms with van der Waals surface area (Å²) in [6.45, 7) is 5.86. The Morgan fingerprint density at radius 2 is 1.91 bits per heavy atom. The van der Waals surface area contributed by atoms with Crippen LogP contribution in [0.3, 0.4) is 0 Å². The van der Waals surface area contributed by atoms with Crippen LogP contribution in [0.4, 0.5) is 28.8 Å². The van der Waals surface area contributed by atoms with Gasteiger partial charge in [-0.2, -0.15) is 10.1 Å². The molecular formula is C25H23N7O3. The smallest absolute Gasteiger partial charge is 0.250 e. The Hall–Kier alpha value is -4.73. The number of fused-ring (bicyclic) bond motifs is 2. The molecule has 2 aromatic carbocycles. The molecule has 0 aliphatic carbocycles. The van der Waals surface area contributed by atoms with E-state index in [0.29, 0.717) is 47.6 Å². The van der Waals surface area contributed by atoms with Gasteiger partial charge in [-0.05, 0) is 49.4 Å².